The van der Waals surface area contributed by atoms with E-state index in [1.54, 1.807) is 52.0 Å². The molecule has 3 heterocycles. The molecule has 8 amide bonds. The fourth-order valence-corrected chi connectivity index (χ4v) is 7.42. The molecule has 9 N–H and O–H groups in total. The van der Waals surface area contributed by atoms with E-state index < -0.39 is 41.6 Å². The molecular weight excluding hydrogens is 851 g/mol. The number of amides is 8. The predicted octanol–water partition coefficient (Wildman–Crippen LogP) is 3.59. The normalized spacial score (nSPS) is 13.5. The Bertz CT molecular complexity index is 2430. The summed E-state index contributed by atoms with van der Waals surface area (Å²) >= 11 is 0. The third kappa shape index (κ3) is 13.7. The van der Waals surface area contributed by atoms with Crippen LogP contribution in [0.2, 0.25) is 0 Å². The number of nitrogens with zero attached hydrogens (tertiary/aromatic N) is 5. The number of benzene rings is 2. The summed E-state index contributed by atoms with van der Waals surface area (Å²) in [7, 11) is 0. The van der Waals surface area contributed by atoms with Crippen molar-refractivity contribution in [2.24, 2.45) is 11.7 Å². The number of rotatable bonds is 23. The molecule has 4 aromatic rings. The number of hydrogen-bond acceptors (Lipinski definition) is 12. The number of urea groups is 1. The summed E-state index contributed by atoms with van der Waals surface area (Å²) in [4.78, 5) is 100. The molecule has 5 rings (SSSR count). The lowest BCUT2D eigenvalue weighted by atomic mass is 10.0. The lowest BCUT2D eigenvalue weighted by Gasteiger charge is -2.25. The van der Waals surface area contributed by atoms with E-state index in [4.69, 9.17) is 21.2 Å². The van der Waals surface area contributed by atoms with E-state index in [1.165, 1.54) is 17.1 Å². The Kier molecular flexibility index (Phi) is 17.2. The number of pyridine rings is 1. The van der Waals surface area contributed by atoms with Gasteiger partial charge in [0.05, 0.1) is 29.7 Å². The molecule has 2 atom stereocenters. The fraction of sp³-hybridized carbons (Fsp3) is 0.457. The molecule has 0 fully saturated rings. The van der Waals surface area contributed by atoms with Crippen molar-refractivity contribution in [1.82, 2.24) is 40.3 Å². The standard InChI is InChI=1S/C46H61N11O9/c1-6-55(25-34-53-39-40(57(34)27-46(4,5)65)31-13-9-10-14-32(31)51-41(39)47)45(64)66-26-29-17-19-30(20-18-29)50-42(61)33(15-12-23-49-44(48)63)52-43(62)38(28(2)3)54-35(58)16-8-7-11-24-56-36(59)21-22-37(56)60/h9-10,13-14,17-22,28,33,38,65H,6-8,11-12,15-16,23-27H2,1-5H3,(H2,47,51)(H,50,61)(H,52,62)(H,54,58)(H3,48,49,63)/t33-,38-/m0/s1. The van der Waals surface area contributed by atoms with Gasteiger partial charge in [-0.25, -0.2) is 19.6 Å². The summed E-state index contributed by atoms with van der Waals surface area (Å²) in [5.74, 6) is -1.79. The topological polar surface area (TPSA) is 286 Å². The van der Waals surface area contributed by atoms with Gasteiger partial charge in [-0.2, -0.15) is 0 Å². The number of imide groups is 1. The van der Waals surface area contributed by atoms with Gasteiger partial charge in [-0.05, 0) is 76.1 Å². The summed E-state index contributed by atoms with van der Waals surface area (Å²) in [6, 6.07) is 11.4. The number of primary amides is 1. The monoisotopic (exact) mass is 911 g/mol. The van der Waals surface area contributed by atoms with Crippen LogP contribution in [-0.2, 0) is 48.4 Å². The van der Waals surface area contributed by atoms with E-state index in [0.717, 1.165) is 10.3 Å². The maximum absolute atomic E-state index is 13.6. The molecule has 1 aliphatic rings. The highest BCUT2D eigenvalue weighted by molar-refractivity contribution is 6.13. The number of para-hydroxylation sites is 1. The molecule has 354 valence electrons. The number of nitrogen functional groups attached to an aromatic ring is 1. The highest BCUT2D eigenvalue weighted by Crippen LogP contribution is 2.30. The van der Waals surface area contributed by atoms with Crippen molar-refractivity contribution in [3.05, 3.63) is 72.1 Å². The zero-order valence-corrected chi connectivity index (χ0v) is 38.1. The number of aromatic nitrogens is 3. The molecule has 0 spiro atoms. The highest BCUT2D eigenvalue weighted by Gasteiger charge is 2.30. The number of aliphatic hydroxyl groups is 1. The largest absolute Gasteiger partial charge is 0.445 e. The minimum Gasteiger partial charge on any atom is -0.445 e. The second-order valence-electron chi connectivity index (χ2n) is 17.1. The Hall–Kier alpha value is -7.09. The summed E-state index contributed by atoms with van der Waals surface area (Å²) in [5.41, 5.74) is 13.3. The number of hydrogen-bond donors (Lipinski definition) is 7. The molecule has 2 aromatic carbocycles. The molecule has 0 saturated carbocycles. The molecule has 20 heteroatoms. The molecule has 66 heavy (non-hydrogen) atoms. The van der Waals surface area contributed by atoms with E-state index in [0.29, 0.717) is 59.3 Å². The van der Waals surface area contributed by atoms with Gasteiger partial charge in [0.1, 0.15) is 30.0 Å². The summed E-state index contributed by atoms with van der Waals surface area (Å²) < 4.78 is 7.56. The van der Waals surface area contributed by atoms with Crippen molar-refractivity contribution in [2.45, 2.75) is 111 Å². The van der Waals surface area contributed by atoms with Crippen molar-refractivity contribution in [3.63, 3.8) is 0 Å². The van der Waals surface area contributed by atoms with Crippen molar-refractivity contribution in [2.75, 3.05) is 30.7 Å². The molecule has 20 nitrogen and oxygen atoms in total. The van der Waals surface area contributed by atoms with E-state index in [2.05, 4.69) is 26.3 Å². The minimum absolute atomic E-state index is 0.0620. The van der Waals surface area contributed by atoms with Gasteiger partial charge in [-0.15, -0.1) is 0 Å². The minimum atomic E-state index is -1.12. The van der Waals surface area contributed by atoms with Gasteiger partial charge in [0.15, 0.2) is 5.82 Å². The molecule has 2 aromatic heterocycles. The van der Waals surface area contributed by atoms with Gasteiger partial charge < -0.3 is 52.0 Å². The average Bonchev–Trinajstić information content (AvgIpc) is 3.78. The Balaban J connectivity index is 1.17. The van der Waals surface area contributed by atoms with E-state index in [-0.39, 0.29) is 81.6 Å². The van der Waals surface area contributed by atoms with Crippen LogP contribution in [0.5, 0.6) is 0 Å². The molecule has 0 radical (unpaired) electrons. The molecule has 0 unspecified atom stereocenters. The van der Waals surface area contributed by atoms with Gasteiger partial charge in [0.2, 0.25) is 17.7 Å². The SMILES string of the molecule is CCN(Cc1nc2c(N)nc3ccccc3c2n1CC(C)(C)O)C(=O)OCc1ccc(NC(=O)[C@H](CCCNC(N)=O)NC(=O)[C@@H](NC(=O)CCCCCN2C(=O)C=CC2=O)C(C)C)cc1. The first-order valence-corrected chi connectivity index (χ1v) is 22.1. The number of nitrogens with one attached hydrogen (secondary N) is 4. The predicted molar refractivity (Wildman–Crippen MR) is 247 cm³/mol. The van der Waals surface area contributed by atoms with Gasteiger partial charge in [-0.1, -0.05) is 50.6 Å². The van der Waals surface area contributed by atoms with Crippen LogP contribution in [-0.4, -0.2) is 108 Å². The number of unbranched alkanes of at least 4 members (excludes halogenated alkanes) is 2. The van der Waals surface area contributed by atoms with Gasteiger partial charge in [-0.3, -0.25) is 28.9 Å². The van der Waals surface area contributed by atoms with Crippen LogP contribution in [0.15, 0.2) is 60.7 Å². The lowest BCUT2D eigenvalue weighted by Crippen LogP contribution is -2.54. The number of fused-ring (bicyclic) bond motifs is 3. The lowest BCUT2D eigenvalue weighted by molar-refractivity contribution is -0.137. The van der Waals surface area contributed by atoms with Gasteiger partial charge in [0, 0.05) is 49.3 Å². The number of carbonyl (C=O) groups is 7. The Labute approximate surface area is 382 Å². The van der Waals surface area contributed by atoms with Crippen LogP contribution in [0.25, 0.3) is 21.9 Å². The first-order valence-electron chi connectivity index (χ1n) is 22.1. The second kappa shape index (κ2) is 22.7. The Morgan fingerprint density at radius 3 is 2.26 bits per heavy atom. The van der Waals surface area contributed by atoms with Crippen LogP contribution < -0.4 is 32.7 Å². The van der Waals surface area contributed by atoms with E-state index in [1.807, 2.05) is 35.8 Å². The zero-order chi connectivity index (χ0) is 48.1. The van der Waals surface area contributed by atoms with Crippen LogP contribution in [0.4, 0.5) is 21.1 Å². The van der Waals surface area contributed by atoms with Crippen LogP contribution in [0.1, 0.15) is 84.5 Å². The van der Waals surface area contributed by atoms with E-state index >= 15 is 0 Å². The first-order chi connectivity index (χ1) is 31.3. The quantitative estimate of drug-likeness (QED) is 0.0415. The van der Waals surface area contributed by atoms with Gasteiger partial charge >= 0.3 is 12.1 Å². The summed E-state index contributed by atoms with van der Waals surface area (Å²) in [6.07, 6.45) is 3.97. The first kappa shape index (κ1) is 49.9. The fourth-order valence-electron chi connectivity index (χ4n) is 7.42. The molecule has 0 aliphatic carbocycles. The van der Waals surface area contributed by atoms with Crippen molar-refractivity contribution >= 4 is 75.1 Å². The molecule has 1 aliphatic heterocycles. The van der Waals surface area contributed by atoms with Crippen LogP contribution in [0, 0.1) is 5.92 Å². The molecule has 0 saturated heterocycles. The van der Waals surface area contributed by atoms with Crippen molar-refractivity contribution < 1.29 is 43.4 Å². The zero-order valence-electron chi connectivity index (χ0n) is 38.1. The van der Waals surface area contributed by atoms with Crippen molar-refractivity contribution in [3.8, 4) is 0 Å². The van der Waals surface area contributed by atoms with E-state index in [9.17, 15) is 38.7 Å². The average molecular weight is 912 g/mol. The van der Waals surface area contributed by atoms with Crippen LogP contribution >= 0.6 is 0 Å². The highest BCUT2D eigenvalue weighted by atomic mass is 16.6. The van der Waals surface area contributed by atoms with Gasteiger partial charge in [0.25, 0.3) is 11.8 Å². The third-order valence-corrected chi connectivity index (χ3v) is 10.8. The number of nitrogens with two attached hydrogens (primary N) is 2. The maximum Gasteiger partial charge on any atom is 0.410 e. The van der Waals surface area contributed by atoms with Crippen LogP contribution in [0.3, 0.4) is 0 Å². The number of carbonyl (C=O) groups excluding carboxylic acids is 7. The molecule has 0 bridgehead atoms. The summed E-state index contributed by atoms with van der Waals surface area (Å²) in [5, 5.41) is 22.5. The smallest absolute Gasteiger partial charge is 0.410 e. The number of anilines is 2. The Morgan fingerprint density at radius 2 is 1.61 bits per heavy atom. The maximum atomic E-state index is 13.6. The van der Waals surface area contributed by atoms with Crippen molar-refractivity contribution in [1.29, 1.82) is 0 Å². The number of ether oxygens (including phenoxy) is 1. The number of imidazole rings is 1. The Morgan fingerprint density at radius 1 is 0.909 bits per heavy atom. The molecular formula is C46H61N11O9. The third-order valence-electron chi connectivity index (χ3n) is 10.8. The second-order valence-corrected chi connectivity index (χ2v) is 17.1. The summed E-state index contributed by atoms with van der Waals surface area (Å²) in [6.45, 7) is 9.57.